The molecular formula is C17H21BrF2N2O3. The smallest absolute Gasteiger partial charge is 0.387 e. The second kappa shape index (κ2) is 9.12. The molecule has 1 aliphatic heterocycles. The summed E-state index contributed by atoms with van der Waals surface area (Å²) in [6.07, 6.45) is 1.90. The number of ether oxygens (including phenoxy) is 1. The fourth-order valence-electron chi connectivity index (χ4n) is 2.87. The number of nitrogens with zero attached hydrogens (tertiary/aromatic N) is 1. The molecule has 1 aromatic rings. The molecule has 2 rings (SSSR count). The SMILES string of the molecule is CCC(=O)N1CCCC(C(=O)NCc2cc(Br)ccc2OC(F)F)C1. The van der Waals surface area contributed by atoms with E-state index in [4.69, 9.17) is 0 Å². The third kappa shape index (κ3) is 5.66. The number of rotatable bonds is 6. The van der Waals surface area contributed by atoms with Crippen LogP contribution in [0.25, 0.3) is 0 Å². The van der Waals surface area contributed by atoms with Crippen molar-refractivity contribution in [3.05, 3.63) is 28.2 Å². The number of carbonyl (C=O) groups excluding carboxylic acids is 2. The molecule has 1 heterocycles. The molecule has 1 aliphatic rings. The number of nitrogens with one attached hydrogen (secondary N) is 1. The summed E-state index contributed by atoms with van der Waals surface area (Å²) in [6, 6.07) is 4.66. The van der Waals surface area contributed by atoms with Crippen LogP contribution in [0.5, 0.6) is 5.75 Å². The highest BCUT2D eigenvalue weighted by Gasteiger charge is 2.27. The molecule has 0 aliphatic carbocycles. The van der Waals surface area contributed by atoms with Gasteiger partial charge < -0.3 is 15.0 Å². The van der Waals surface area contributed by atoms with Gasteiger partial charge in [-0.3, -0.25) is 9.59 Å². The minimum Gasteiger partial charge on any atom is -0.434 e. The van der Waals surface area contributed by atoms with Crippen LogP contribution < -0.4 is 10.1 Å². The third-order valence-corrected chi connectivity index (χ3v) is 4.63. The van der Waals surface area contributed by atoms with Crippen molar-refractivity contribution in [3.8, 4) is 5.75 Å². The highest BCUT2D eigenvalue weighted by Crippen LogP contribution is 2.25. The fourth-order valence-corrected chi connectivity index (χ4v) is 3.27. The van der Waals surface area contributed by atoms with Crippen LogP contribution in [0.1, 0.15) is 31.7 Å². The molecule has 138 valence electrons. The summed E-state index contributed by atoms with van der Waals surface area (Å²) in [5, 5.41) is 2.76. The Labute approximate surface area is 153 Å². The van der Waals surface area contributed by atoms with Gasteiger partial charge in [0.2, 0.25) is 11.8 Å². The number of likely N-dealkylation sites (tertiary alicyclic amines) is 1. The first-order valence-electron chi connectivity index (χ1n) is 8.19. The number of hydrogen-bond donors (Lipinski definition) is 1. The highest BCUT2D eigenvalue weighted by molar-refractivity contribution is 9.10. The highest BCUT2D eigenvalue weighted by atomic mass is 79.9. The van der Waals surface area contributed by atoms with Crippen LogP contribution in [0.15, 0.2) is 22.7 Å². The summed E-state index contributed by atoms with van der Waals surface area (Å²) in [5.41, 5.74) is 0.459. The lowest BCUT2D eigenvalue weighted by molar-refractivity contribution is -0.135. The first-order valence-corrected chi connectivity index (χ1v) is 8.98. The van der Waals surface area contributed by atoms with Crippen molar-refractivity contribution < 1.29 is 23.1 Å². The van der Waals surface area contributed by atoms with Crippen LogP contribution in [0.2, 0.25) is 0 Å². The van der Waals surface area contributed by atoms with E-state index >= 15 is 0 Å². The van der Waals surface area contributed by atoms with Crippen LogP contribution in [0, 0.1) is 5.92 Å². The zero-order valence-corrected chi connectivity index (χ0v) is 15.5. The Morgan fingerprint density at radius 1 is 1.44 bits per heavy atom. The van der Waals surface area contributed by atoms with Gasteiger partial charge in [-0.05, 0) is 31.0 Å². The van der Waals surface area contributed by atoms with Crippen LogP contribution in [0.4, 0.5) is 8.78 Å². The molecular weight excluding hydrogens is 398 g/mol. The Morgan fingerprint density at radius 2 is 2.20 bits per heavy atom. The summed E-state index contributed by atoms with van der Waals surface area (Å²) in [4.78, 5) is 25.9. The van der Waals surface area contributed by atoms with Crippen molar-refractivity contribution in [2.45, 2.75) is 39.3 Å². The Kier molecular flexibility index (Phi) is 7.16. The molecule has 1 N–H and O–H groups in total. The van der Waals surface area contributed by atoms with Crippen molar-refractivity contribution >= 4 is 27.7 Å². The minimum atomic E-state index is -2.93. The topological polar surface area (TPSA) is 58.6 Å². The second-order valence-electron chi connectivity index (χ2n) is 5.88. The average molecular weight is 419 g/mol. The van der Waals surface area contributed by atoms with E-state index < -0.39 is 6.61 Å². The van der Waals surface area contributed by atoms with Gasteiger partial charge in [-0.15, -0.1) is 0 Å². The molecule has 8 heteroatoms. The number of halogens is 3. The number of benzene rings is 1. The Hall–Kier alpha value is -1.70. The normalized spacial score (nSPS) is 17.5. The van der Waals surface area contributed by atoms with Gasteiger partial charge in [-0.25, -0.2) is 0 Å². The molecule has 0 saturated carbocycles. The standard InChI is InChI=1S/C17H21BrF2N2O3/c1-2-15(23)22-7-3-4-11(10-22)16(24)21-9-12-8-13(18)5-6-14(12)25-17(19)20/h5-6,8,11,17H,2-4,7,9-10H2,1H3,(H,21,24). The van der Waals surface area contributed by atoms with Crippen LogP contribution in [-0.2, 0) is 16.1 Å². The quantitative estimate of drug-likeness (QED) is 0.770. The third-order valence-electron chi connectivity index (χ3n) is 4.14. The second-order valence-corrected chi connectivity index (χ2v) is 6.80. The fraction of sp³-hybridized carbons (Fsp3) is 0.529. The van der Waals surface area contributed by atoms with Crippen molar-refractivity contribution in [3.63, 3.8) is 0 Å². The number of amides is 2. The average Bonchev–Trinajstić information content (AvgIpc) is 2.60. The maximum atomic E-state index is 12.5. The van der Waals surface area contributed by atoms with E-state index in [1.807, 2.05) is 0 Å². The molecule has 1 saturated heterocycles. The minimum absolute atomic E-state index is 0.0323. The van der Waals surface area contributed by atoms with Gasteiger partial charge in [0, 0.05) is 36.1 Å². The van der Waals surface area contributed by atoms with Gasteiger partial charge in [0.15, 0.2) is 0 Å². The van der Waals surface area contributed by atoms with Gasteiger partial charge in [-0.1, -0.05) is 22.9 Å². The first-order chi connectivity index (χ1) is 11.9. The van der Waals surface area contributed by atoms with Gasteiger partial charge in [0.05, 0.1) is 5.92 Å². The number of carbonyl (C=O) groups is 2. The molecule has 0 bridgehead atoms. The lowest BCUT2D eigenvalue weighted by Crippen LogP contribution is -2.45. The number of hydrogen-bond acceptors (Lipinski definition) is 3. The van der Waals surface area contributed by atoms with Crippen molar-refractivity contribution in [2.24, 2.45) is 5.92 Å². The van der Waals surface area contributed by atoms with E-state index in [1.165, 1.54) is 6.07 Å². The van der Waals surface area contributed by atoms with E-state index in [1.54, 1.807) is 24.0 Å². The molecule has 1 unspecified atom stereocenters. The molecule has 0 radical (unpaired) electrons. The van der Waals surface area contributed by atoms with Crippen LogP contribution >= 0.6 is 15.9 Å². The number of alkyl halides is 2. The monoisotopic (exact) mass is 418 g/mol. The predicted molar refractivity (Wildman–Crippen MR) is 92.2 cm³/mol. The maximum absolute atomic E-state index is 12.5. The van der Waals surface area contributed by atoms with Crippen molar-refractivity contribution in [1.29, 1.82) is 0 Å². The molecule has 1 atom stereocenters. The Morgan fingerprint density at radius 3 is 2.88 bits per heavy atom. The Bertz CT molecular complexity index is 628. The molecule has 2 amide bonds. The largest absolute Gasteiger partial charge is 0.434 e. The van der Waals surface area contributed by atoms with Crippen molar-refractivity contribution in [2.75, 3.05) is 13.1 Å². The lowest BCUT2D eigenvalue weighted by atomic mass is 9.96. The van der Waals surface area contributed by atoms with E-state index in [0.29, 0.717) is 36.0 Å². The summed E-state index contributed by atoms with van der Waals surface area (Å²) in [7, 11) is 0. The van der Waals surface area contributed by atoms with Crippen molar-refractivity contribution in [1.82, 2.24) is 10.2 Å². The van der Waals surface area contributed by atoms with Gasteiger partial charge in [-0.2, -0.15) is 8.78 Å². The summed E-state index contributed by atoms with van der Waals surface area (Å²) < 4.78 is 30.2. The predicted octanol–water partition coefficient (Wildman–Crippen LogP) is 3.32. The Balaban J connectivity index is 1.97. The molecule has 5 nitrogen and oxygen atoms in total. The maximum Gasteiger partial charge on any atom is 0.387 e. The zero-order valence-electron chi connectivity index (χ0n) is 13.9. The van der Waals surface area contributed by atoms with E-state index in [2.05, 4.69) is 26.0 Å². The molecule has 25 heavy (non-hydrogen) atoms. The summed E-state index contributed by atoms with van der Waals surface area (Å²) in [5.74, 6) is -0.394. The molecule has 1 fully saturated rings. The zero-order chi connectivity index (χ0) is 18.4. The summed E-state index contributed by atoms with van der Waals surface area (Å²) >= 11 is 3.28. The summed E-state index contributed by atoms with van der Waals surface area (Å²) in [6.45, 7) is 0.0244. The molecule has 0 aromatic heterocycles. The first kappa shape index (κ1) is 19.6. The van der Waals surface area contributed by atoms with E-state index in [0.717, 1.165) is 6.42 Å². The van der Waals surface area contributed by atoms with Crippen LogP contribution in [0.3, 0.4) is 0 Å². The molecule has 0 spiro atoms. The van der Waals surface area contributed by atoms with Gasteiger partial charge >= 0.3 is 6.61 Å². The number of piperidine rings is 1. The lowest BCUT2D eigenvalue weighted by Gasteiger charge is -2.32. The van der Waals surface area contributed by atoms with E-state index in [9.17, 15) is 18.4 Å². The van der Waals surface area contributed by atoms with E-state index in [-0.39, 0.29) is 30.0 Å². The van der Waals surface area contributed by atoms with Gasteiger partial charge in [0.25, 0.3) is 0 Å². The van der Waals surface area contributed by atoms with Gasteiger partial charge in [0.1, 0.15) is 5.75 Å². The van der Waals surface area contributed by atoms with Crippen LogP contribution in [-0.4, -0.2) is 36.4 Å². The molecule has 1 aromatic carbocycles.